The van der Waals surface area contributed by atoms with Crippen molar-refractivity contribution in [2.75, 3.05) is 12.9 Å². The molecule has 0 radical (unpaired) electrons. The van der Waals surface area contributed by atoms with Crippen molar-refractivity contribution in [2.24, 2.45) is 0 Å². The molecule has 0 amide bonds. The highest BCUT2D eigenvalue weighted by atomic mass is 32.2. The average molecular weight is 293 g/mol. The highest BCUT2D eigenvalue weighted by Gasteiger charge is 2.24. The van der Waals surface area contributed by atoms with Gasteiger partial charge in [0.05, 0.1) is 6.61 Å². The minimum atomic E-state index is 0.417. The summed E-state index contributed by atoms with van der Waals surface area (Å²) in [4.78, 5) is 0. The van der Waals surface area contributed by atoms with Crippen LogP contribution in [0.5, 0.6) is 5.75 Å². The van der Waals surface area contributed by atoms with Gasteiger partial charge in [0.2, 0.25) is 0 Å². The van der Waals surface area contributed by atoms with Gasteiger partial charge in [-0.15, -0.1) is 0 Å². The van der Waals surface area contributed by atoms with Gasteiger partial charge in [0, 0.05) is 17.3 Å². The summed E-state index contributed by atoms with van der Waals surface area (Å²) in [7, 11) is 0. The quantitative estimate of drug-likeness (QED) is 0.804. The highest BCUT2D eigenvalue weighted by molar-refractivity contribution is 7.99. The molecular weight excluding hydrogens is 266 g/mol. The van der Waals surface area contributed by atoms with Crippen molar-refractivity contribution in [1.82, 2.24) is 5.32 Å². The zero-order chi connectivity index (χ0) is 14.4. The average Bonchev–Trinajstić information content (AvgIpc) is 2.93. The topological polar surface area (TPSA) is 21.3 Å². The summed E-state index contributed by atoms with van der Waals surface area (Å²) in [6, 6.07) is 9.64. The van der Waals surface area contributed by atoms with Gasteiger partial charge in [0.15, 0.2) is 0 Å². The Labute approximate surface area is 127 Å². The second-order valence-corrected chi connectivity index (χ2v) is 6.81. The van der Waals surface area contributed by atoms with E-state index in [0.717, 1.165) is 24.0 Å². The third-order valence-electron chi connectivity index (χ3n) is 4.06. The second-order valence-electron chi connectivity index (χ2n) is 5.67. The van der Waals surface area contributed by atoms with Crippen LogP contribution in [0.4, 0.5) is 0 Å². The molecule has 0 aliphatic heterocycles. The molecule has 3 heteroatoms. The molecule has 0 bridgehead atoms. The molecule has 3 atom stereocenters. The van der Waals surface area contributed by atoms with E-state index in [4.69, 9.17) is 4.74 Å². The zero-order valence-corrected chi connectivity index (χ0v) is 13.7. The molecule has 20 heavy (non-hydrogen) atoms. The molecule has 1 fully saturated rings. The van der Waals surface area contributed by atoms with Gasteiger partial charge in [0.1, 0.15) is 5.75 Å². The van der Waals surface area contributed by atoms with Crippen LogP contribution in [0.1, 0.15) is 51.1 Å². The third kappa shape index (κ3) is 4.42. The van der Waals surface area contributed by atoms with E-state index in [2.05, 4.69) is 49.7 Å². The van der Waals surface area contributed by atoms with E-state index in [-0.39, 0.29) is 0 Å². The van der Waals surface area contributed by atoms with Crippen LogP contribution in [0.15, 0.2) is 24.3 Å². The number of hydrogen-bond donors (Lipinski definition) is 1. The van der Waals surface area contributed by atoms with Gasteiger partial charge >= 0.3 is 0 Å². The van der Waals surface area contributed by atoms with Crippen molar-refractivity contribution >= 4 is 11.8 Å². The third-order valence-corrected chi connectivity index (χ3v) is 5.15. The zero-order valence-electron chi connectivity index (χ0n) is 12.9. The smallest absolute Gasteiger partial charge is 0.119 e. The number of benzene rings is 1. The van der Waals surface area contributed by atoms with Crippen molar-refractivity contribution in [3.8, 4) is 5.75 Å². The first-order valence-corrected chi connectivity index (χ1v) is 9.03. The lowest BCUT2D eigenvalue weighted by Crippen LogP contribution is -2.29. The number of rotatable bonds is 7. The Morgan fingerprint density at radius 2 is 2.05 bits per heavy atom. The molecule has 112 valence electrons. The molecular formula is C17H27NOS. The van der Waals surface area contributed by atoms with E-state index in [1.807, 2.05) is 11.8 Å². The van der Waals surface area contributed by atoms with Crippen LogP contribution < -0.4 is 10.1 Å². The van der Waals surface area contributed by atoms with E-state index >= 15 is 0 Å². The summed E-state index contributed by atoms with van der Waals surface area (Å²) < 4.78 is 5.63. The maximum absolute atomic E-state index is 5.63. The van der Waals surface area contributed by atoms with E-state index in [1.165, 1.54) is 24.8 Å². The summed E-state index contributed by atoms with van der Waals surface area (Å²) in [5, 5.41) is 4.62. The van der Waals surface area contributed by atoms with Gasteiger partial charge in [-0.1, -0.05) is 19.1 Å². The lowest BCUT2D eigenvalue weighted by molar-refractivity contribution is 0.317. The summed E-state index contributed by atoms with van der Waals surface area (Å²) >= 11 is 2.01. The molecule has 1 N–H and O–H groups in total. The minimum absolute atomic E-state index is 0.417. The SMILES string of the molecule is CCCOc1ccc(C(C)NC2CCC(SC)C2)cc1. The fourth-order valence-corrected chi connectivity index (χ4v) is 3.62. The maximum Gasteiger partial charge on any atom is 0.119 e. The molecule has 0 heterocycles. The van der Waals surface area contributed by atoms with Crippen molar-refractivity contribution < 1.29 is 4.74 Å². The summed E-state index contributed by atoms with van der Waals surface area (Å²) in [5.41, 5.74) is 1.35. The monoisotopic (exact) mass is 293 g/mol. The molecule has 1 aliphatic rings. The van der Waals surface area contributed by atoms with Crippen LogP contribution in [-0.2, 0) is 0 Å². The Morgan fingerprint density at radius 3 is 2.65 bits per heavy atom. The Hall–Kier alpha value is -0.670. The van der Waals surface area contributed by atoms with Crippen LogP contribution in [0, 0.1) is 0 Å². The van der Waals surface area contributed by atoms with Gasteiger partial charge in [-0.25, -0.2) is 0 Å². The van der Waals surface area contributed by atoms with Crippen LogP contribution in [0.3, 0.4) is 0 Å². The van der Waals surface area contributed by atoms with Crippen molar-refractivity contribution in [1.29, 1.82) is 0 Å². The van der Waals surface area contributed by atoms with Gasteiger partial charge in [0.25, 0.3) is 0 Å². The van der Waals surface area contributed by atoms with Crippen molar-refractivity contribution in [3.05, 3.63) is 29.8 Å². The number of thioether (sulfide) groups is 1. The predicted molar refractivity (Wildman–Crippen MR) is 88.7 cm³/mol. The molecule has 0 spiro atoms. The maximum atomic E-state index is 5.63. The normalized spacial score (nSPS) is 23.8. The fourth-order valence-electron chi connectivity index (χ4n) is 2.83. The Morgan fingerprint density at radius 1 is 1.30 bits per heavy atom. The Balaban J connectivity index is 1.84. The largest absolute Gasteiger partial charge is 0.494 e. The van der Waals surface area contributed by atoms with Crippen LogP contribution in [-0.4, -0.2) is 24.2 Å². The number of nitrogens with one attached hydrogen (secondary N) is 1. The van der Waals surface area contributed by atoms with Gasteiger partial charge in [-0.2, -0.15) is 11.8 Å². The summed E-state index contributed by atoms with van der Waals surface area (Å²) in [6.45, 7) is 5.18. The number of hydrogen-bond acceptors (Lipinski definition) is 3. The van der Waals surface area contributed by atoms with Gasteiger partial charge < -0.3 is 10.1 Å². The van der Waals surface area contributed by atoms with Gasteiger partial charge in [-0.05, 0) is 56.6 Å². The van der Waals surface area contributed by atoms with E-state index in [9.17, 15) is 0 Å². The molecule has 2 rings (SSSR count). The van der Waals surface area contributed by atoms with Crippen LogP contribution in [0.25, 0.3) is 0 Å². The second kappa shape index (κ2) is 7.94. The standard InChI is InChI=1S/C17H27NOS/c1-4-11-19-16-8-5-14(6-9-16)13(2)18-15-7-10-17(12-15)20-3/h5-6,8-9,13,15,17-18H,4,7,10-12H2,1-3H3. The molecule has 1 aromatic rings. The lowest BCUT2D eigenvalue weighted by atomic mass is 10.1. The molecule has 2 nitrogen and oxygen atoms in total. The van der Waals surface area contributed by atoms with Crippen LogP contribution >= 0.6 is 11.8 Å². The highest BCUT2D eigenvalue weighted by Crippen LogP contribution is 2.30. The van der Waals surface area contributed by atoms with Crippen molar-refractivity contribution in [2.45, 2.75) is 56.9 Å². The molecule has 1 aliphatic carbocycles. The molecule has 1 aromatic carbocycles. The molecule has 0 aromatic heterocycles. The molecule has 0 saturated heterocycles. The van der Waals surface area contributed by atoms with Gasteiger partial charge in [-0.3, -0.25) is 0 Å². The first-order chi connectivity index (χ1) is 9.72. The van der Waals surface area contributed by atoms with E-state index in [0.29, 0.717) is 12.1 Å². The molecule has 3 unspecified atom stereocenters. The first kappa shape index (κ1) is 15.7. The summed E-state index contributed by atoms with van der Waals surface area (Å²) in [6.07, 6.45) is 7.26. The fraction of sp³-hybridized carbons (Fsp3) is 0.647. The summed E-state index contributed by atoms with van der Waals surface area (Å²) in [5.74, 6) is 0.978. The van der Waals surface area contributed by atoms with E-state index in [1.54, 1.807) is 0 Å². The van der Waals surface area contributed by atoms with Crippen LogP contribution in [0.2, 0.25) is 0 Å². The van der Waals surface area contributed by atoms with Crippen molar-refractivity contribution in [3.63, 3.8) is 0 Å². The molecule has 1 saturated carbocycles. The predicted octanol–water partition coefficient (Wildman–Crippen LogP) is 4.41. The first-order valence-electron chi connectivity index (χ1n) is 7.74. The minimum Gasteiger partial charge on any atom is -0.494 e. The van der Waals surface area contributed by atoms with E-state index < -0.39 is 0 Å². The number of ether oxygens (including phenoxy) is 1. The Bertz CT molecular complexity index is 392. The lowest BCUT2D eigenvalue weighted by Gasteiger charge is -2.20. The Kier molecular flexibility index (Phi) is 6.24.